The van der Waals surface area contributed by atoms with E-state index in [0.29, 0.717) is 0 Å². The van der Waals surface area contributed by atoms with Gasteiger partial charge >= 0.3 is 0 Å². The largest absolute Gasteiger partial charge is 0.368 e. The van der Waals surface area contributed by atoms with Gasteiger partial charge in [0.1, 0.15) is 5.82 Å². The van der Waals surface area contributed by atoms with Crippen molar-refractivity contribution < 1.29 is 4.39 Å². The van der Waals surface area contributed by atoms with Crippen LogP contribution in [0.3, 0.4) is 0 Å². The Morgan fingerprint density at radius 1 is 1.21 bits per heavy atom. The van der Waals surface area contributed by atoms with Crippen LogP contribution in [0.1, 0.15) is 32.1 Å². The van der Waals surface area contributed by atoms with Crippen molar-refractivity contribution in [2.24, 2.45) is 0 Å². The molecule has 2 nitrogen and oxygen atoms in total. The molecular formula is C15H20ClFN2. The fourth-order valence-electron chi connectivity index (χ4n) is 3.42. The lowest BCUT2D eigenvalue weighted by atomic mass is 9.80. The van der Waals surface area contributed by atoms with E-state index in [-0.39, 0.29) is 16.4 Å². The van der Waals surface area contributed by atoms with Crippen LogP contribution in [0.15, 0.2) is 18.2 Å². The summed E-state index contributed by atoms with van der Waals surface area (Å²) in [6, 6.07) is 5.05. The number of benzene rings is 1. The van der Waals surface area contributed by atoms with Gasteiger partial charge < -0.3 is 10.2 Å². The van der Waals surface area contributed by atoms with Gasteiger partial charge in [0.2, 0.25) is 0 Å². The summed E-state index contributed by atoms with van der Waals surface area (Å²) in [5.74, 6) is -0.340. The maximum Gasteiger partial charge on any atom is 0.141 e. The molecule has 0 aromatic heterocycles. The zero-order valence-electron chi connectivity index (χ0n) is 11.1. The van der Waals surface area contributed by atoms with Crippen molar-refractivity contribution in [1.29, 1.82) is 0 Å². The molecule has 2 fully saturated rings. The van der Waals surface area contributed by atoms with Crippen molar-refractivity contribution in [2.45, 2.75) is 37.6 Å². The number of nitrogens with one attached hydrogen (secondary N) is 1. The van der Waals surface area contributed by atoms with E-state index < -0.39 is 0 Å². The molecule has 1 aromatic rings. The number of hydrogen-bond acceptors (Lipinski definition) is 2. The molecule has 1 N–H and O–H groups in total. The molecule has 3 rings (SSSR count). The minimum Gasteiger partial charge on any atom is -0.368 e. The van der Waals surface area contributed by atoms with Gasteiger partial charge in [0, 0.05) is 30.9 Å². The Balaban J connectivity index is 1.78. The Morgan fingerprint density at radius 3 is 2.74 bits per heavy atom. The Kier molecular flexibility index (Phi) is 3.68. The van der Waals surface area contributed by atoms with E-state index in [0.717, 1.165) is 25.3 Å². The van der Waals surface area contributed by atoms with E-state index in [1.54, 1.807) is 6.07 Å². The van der Waals surface area contributed by atoms with Crippen LogP contribution < -0.4 is 10.2 Å². The van der Waals surface area contributed by atoms with Crippen molar-refractivity contribution in [3.8, 4) is 0 Å². The summed E-state index contributed by atoms with van der Waals surface area (Å²) in [7, 11) is 0. The van der Waals surface area contributed by atoms with Gasteiger partial charge in [-0.1, -0.05) is 30.9 Å². The van der Waals surface area contributed by atoms with E-state index in [2.05, 4.69) is 10.2 Å². The van der Waals surface area contributed by atoms with Gasteiger partial charge in [0.25, 0.3) is 0 Å². The Morgan fingerprint density at radius 2 is 2.00 bits per heavy atom. The SMILES string of the molecule is Fc1ccc(N2CCNC3(CCCCC3)C2)cc1Cl. The summed E-state index contributed by atoms with van der Waals surface area (Å²) in [6.07, 6.45) is 6.47. The second kappa shape index (κ2) is 5.29. The number of piperazine rings is 1. The monoisotopic (exact) mass is 282 g/mol. The Labute approximate surface area is 118 Å². The average Bonchev–Trinajstić information content (AvgIpc) is 2.43. The summed E-state index contributed by atoms with van der Waals surface area (Å²) in [5, 5.41) is 3.93. The molecule has 1 saturated heterocycles. The molecule has 0 radical (unpaired) electrons. The number of hydrogen-bond donors (Lipinski definition) is 1. The number of anilines is 1. The molecule has 0 atom stereocenters. The molecule has 1 aromatic carbocycles. The first-order chi connectivity index (χ1) is 9.19. The van der Waals surface area contributed by atoms with Crippen molar-refractivity contribution >= 4 is 17.3 Å². The summed E-state index contributed by atoms with van der Waals surface area (Å²) in [5.41, 5.74) is 1.30. The highest BCUT2D eigenvalue weighted by molar-refractivity contribution is 6.31. The van der Waals surface area contributed by atoms with Gasteiger partial charge in [-0.15, -0.1) is 0 Å². The number of halogens is 2. The van der Waals surface area contributed by atoms with Crippen molar-refractivity contribution in [3.05, 3.63) is 29.0 Å². The zero-order valence-corrected chi connectivity index (χ0v) is 11.8. The van der Waals surface area contributed by atoms with Crippen LogP contribution in [-0.2, 0) is 0 Å². The number of rotatable bonds is 1. The third-order valence-electron chi connectivity index (χ3n) is 4.45. The normalized spacial score (nSPS) is 22.7. The number of nitrogens with zero attached hydrogens (tertiary/aromatic N) is 1. The third kappa shape index (κ3) is 2.72. The lowest BCUT2D eigenvalue weighted by Crippen LogP contribution is -2.61. The van der Waals surface area contributed by atoms with Crippen LogP contribution in [0.25, 0.3) is 0 Å². The molecule has 1 spiro atoms. The molecule has 1 heterocycles. The first-order valence-electron chi connectivity index (χ1n) is 7.14. The van der Waals surface area contributed by atoms with E-state index in [9.17, 15) is 4.39 Å². The molecule has 1 aliphatic carbocycles. The summed E-state index contributed by atoms with van der Waals surface area (Å²) in [6.45, 7) is 2.97. The Hall–Kier alpha value is -0.800. The first-order valence-corrected chi connectivity index (χ1v) is 7.51. The van der Waals surface area contributed by atoms with Gasteiger partial charge in [-0.3, -0.25) is 0 Å². The molecule has 4 heteroatoms. The van der Waals surface area contributed by atoms with Crippen LogP contribution in [0.2, 0.25) is 5.02 Å². The van der Waals surface area contributed by atoms with E-state index >= 15 is 0 Å². The predicted octanol–water partition coefficient (Wildman–Crippen LogP) is 3.59. The minimum absolute atomic E-state index is 0.216. The first kappa shape index (κ1) is 13.2. The van der Waals surface area contributed by atoms with Crippen molar-refractivity contribution in [3.63, 3.8) is 0 Å². The topological polar surface area (TPSA) is 15.3 Å². The van der Waals surface area contributed by atoms with E-state index in [1.807, 2.05) is 6.07 Å². The fourth-order valence-corrected chi connectivity index (χ4v) is 3.60. The van der Waals surface area contributed by atoms with Crippen molar-refractivity contribution in [2.75, 3.05) is 24.5 Å². The maximum absolute atomic E-state index is 13.3. The standard InChI is InChI=1S/C15H20ClFN2/c16-13-10-12(4-5-14(13)17)19-9-8-18-15(11-19)6-2-1-3-7-15/h4-5,10,18H,1-3,6-9,11H2. The van der Waals surface area contributed by atoms with Crippen LogP contribution in [0.5, 0.6) is 0 Å². The summed E-state index contributed by atoms with van der Waals surface area (Å²) < 4.78 is 13.3. The second-order valence-electron chi connectivity index (χ2n) is 5.79. The zero-order chi connectivity index (χ0) is 13.3. The molecule has 19 heavy (non-hydrogen) atoms. The summed E-state index contributed by atoms with van der Waals surface area (Å²) >= 11 is 5.89. The molecule has 0 bridgehead atoms. The van der Waals surface area contributed by atoms with Gasteiger partial charge in [-0.05, 0) is 31.0 Å². The molecule has 1 aliphatic heterocycles. The highest BCUT2D eigenvalue weighted by Gasteiger charge is 2.36. The predicted molar refractivity (Wildman–Crippen MR) is 77.4 cm³/mol. The molecule has 1 saturated carbocycles. The highest BCUT2D eigenvalue weighted by Crippen LogP contribution is 2.33. The molecule has 104 valence electrons. The van der Waals surface area contributed by atoms with Crippen LogP contribution in [0.4, 0.5) is 10.1 Å². The minimum atomic E-state index is -0.340. The van der Waals surface area contributed by atoms with Gasteiger partial charge in [-0.2, -0.15) is 0 Å². The fraction of sp³-hybridized carbons (Fsp3) is 0.600. The molecule has 2 aliphatic rings. The quantitative estimate of drug-likeness (QED) is 0.847. The van der Waals surface area contributed by atoms with Gasteiger partial charge in [-0.25, -0.2) is 4.39 Å². The second-order valence-corrected chi connectivity index (χ2v) is 6.19. The van der Waals surface area contributed by atoms with E-state index in [4.69, 9.17) is 11.6 Å². The summed E-state index contributed by atoms with van der Waals surface area (Å²) in [4.78, 5) is 2.34. The lowest BCUT2D eigenvalue weighted by Gasteiger charge is -2.47. The van der Waals surface area contributed by atoms with E-state index in [1.165, 1.54) is 38.2 Å². The van der Waals surface area contributed by atoms with Crippen LogP contribution in [0, 0.1) is 5.82 Å². The Bertz CT molecular complexity index is 452. The van der Waals surface area contributed by atoms with Crippen molar-refractivity contribution in [1.82, 2.24) is 5.32 Å². The molecule has 0 amide bonds. The third-order valence-corrected chi connectivity index (χ3v) is 4.74. The van der Waals surface area contributed by atoms with Crippen LogP contribution in [-0.4, -0.2) is 25.2 Å². The highest BCUT2D eigenvalue weighted by atomic mass is 35.5. The smallest absolute Gasteiger partial charge is 0.141 e. The average molecular weight is 283 g/mol. The lowest BCUT2D eigenvalue weighted by molar-refractivity contribution is 0.216. The van der Waals surface area contributed by atoms with Gasteiger partial charge in [0.05, 0.1) is 5.02 Å². The van der Waals surface area contributed by atoms with Gasteiger partial charge in [0.15, 0.2) is 0 Å². The van der Waals surface area contributed by atoms with Crippen LogP contribution >= 0.6 is 11.6 Å². The molecular weight excluding hydrogens is 263 g/mol. The molecule has 0 unspecified atom stereocenters. The maximum atomic E-state index is 13.3.